The fraction of sp³-hybridized carbons (Fsp3) is 0.545. The van der Waals surface area contributed by atoms with E-state index in [1.165, 1.54) is 16.8 Å². The van der Waals surface area contributed by atoms with Gasteiger partial charge in [-0.15, -0.1) is 5.10 Å². The Balaban J connectivity index is 1.36. The molecule has 2 amide bonds. The zero-order valence-corrected chi connectivity index (χ0v) is 19.2. The van der Waals surface area contributed by atoms with E-state index in [1.54, 1.807) is 14.0 Å². The van der Waals surface area contributed by atoms with E-state index in [0.717, 1.165) is 25.3 Å². The highest BCUT2D eigenvalue weighted by molar-refractivity contribution is 6.30. The molecule has 9 nitrogen and oxygen atoms in total. The lowest BCUT2D eigenvalue weighted by Crippen LogP contribution is -2.64. The van der Waals surface area contributed by atoms with Gasteiger partial charge in [0.25, 0.3) is 11.8 Å². The maximum atomic E-state index is 13.5. The van der Waals surface area contributed by atoms with E-state index >= 15 is 0 Å². The number of amides is 2. The molecule has 2 aliphatic rings. The van der Waals surface area contributed by atoms with Gasteiger partial charge in [0.05, 0.1) is 17.2 Å². The maximum absolute atomic E-state index is 13.5. The highest BCUT2D eigenvalue weighted by Crippen LogP contribution is 2.43. The summed E-state index contributed by atoms with van der Waals surface area (Å²) in [5, 5.41) is 20.9. The molecule has 2 aliphatic carbocycles. The van der Waals surface area contributed by atoms with Crippen LogP contribution in [-0.2, 0) is 11.8 Å². The summed E-state index contributed by atoms with van der Waals surface area (Å²) in [6, 6.07) is 3.49. The number of ether oxygens (including phenoxy) is 1. The van der Waals surface area contributed by atoms with Crippen molar-refractivity contribution >= 4 is 23.4 Å². The number of halogens is 2. The second kappa shape index (κ2) is 9.26. The molecule has 2 aromatic rings. The van der Waals surface area contributed by atoms with Crippen LogP contribution in [0.1, 0.15) is 48.5 Å². The zero-order valence-electron chi connectivity index (χ0n) is 18.5. The van der Waals surface area contributed by atoms with Crippen molar-refractivity contribution in [3.8, 4) is 5.75 Å². The van der Waals surface area contributed by atoms with Crippen molar-refractivity contribution in [2.24, 2.45) is 13.0 Å². The lowest BCUT2D eigenvalue weighted by Gasteiger charge is -2.51. The van der Waals surface area contributed by atoms with Gasteiger partial charge in [-0.3, -0.25) is 14.3 Å². The molecule has 4 atom stereocenters. The monoisotopic (exact) mass is 479 g/mol. The number of hydrogen-bond acceptors (Lipinski definition) is 6. The molecule has 1 aromatic carbocycles. The number of fused-ring (bicyclic) bond motifs is 2. The van der Waals surface area contributed by atoms with Gasteiger partial charge in [-0.1, -0.05) is 18.0 Å². The lowest BCUT2D eigenvalue weighted by atomic mass is 9.64. The molecule has 11 heteroatoms. The minimum Gasteiger partial charge on any atom is -0.484 e. The number of rotatable bonds is 6. The van der Waals surface area contributed by atoms with Crippen molar-refractivity contribution in [3.05, 3.63) is 40.7 Å². The third kappa shape index (κ3) is 5.11. The van der Waals surface area contributed by atoms with Gasteiger partial charge in [-0.05, 0) is 50.7 Å². The molecule has 2 bridgehead atoms. The number of aryl methyl sites for hydroxylation is 2. The van der Waals surface area contributed by atoms with Gasteiger partial charge in [0.2, 0.25) is 5.82 Å². The molecule has 0 saturated heterocycles. The average Bonchev–Trinajstić information content (AvgIpc) is 3.10. The van der Waals surface area contributed by atoms with Crippen LogP contribution in [-0.4, -0.2) is 56.0 Å². The van der Waals surface area contributed by atoms with Crippen LogP contribution in [0.25, 0.3) is 0 Å². The summed E-state index contributed by atoms with van der Waals surface area (Å²) in [7, 11) is 1.72. The number of aliphatic hydroxyl groups is 1. The standard InChI is InChI=1S/C22H27ClFN5O4/c1-12-25-20(28-29(12)2)21(32)27-22-7-3-4-13(9-22)19(17(30)10-22)26-18(31)11-33-14-5-6-15(23)16(24)8-14/h5-6,8,13,17,19,30H,3-4,7,9-11H2,1-2H3,(H,26,31)(H,27,32). The van der Waals surface area contributed by atoms with Gasteiger partial charge < -0.3 is 20.5 Å². The SMILES string of the molecule is Cc1nc(C(=O)NC23CCCC(C2)C(NC(=O)COc2ccc(Cl)c(F)c2)C(O)C3)nn1C. The van der Waals surface area contributed by atoms with Crippen LogP contribution in [0.3, 0.4) is 0 Å². The van der Waals surface area contributed by atoms with Gasteiger partial charge >= 0.3 is 0 Å². The Morgan fingerprint density at radius 2 is 2.18 bits per heavy atom. The van der Waals surface area contributed by atoms with Crippen molar-refractivity contribution in [2.45, 2.75) is 56.7 Å². The Kier molecular flexibility index (Phi) is 6.58. The minimum atomic E-state index is -0.834. The van der Waals surface area contributed by atoms with Gasteiger partial charge in [0.1, 0.15) is 17.4 Å². The van der Waals surface area contributed by atoms with E-state index in [1.807, 2.05) is 0 Å². The molecule has 4 unspecified atom stereocenters. The summed E-state index contributed by atoms with van der Waals surface area (Å²) in [5.41, 5.74) is -0.564. The number of aliphatic hydroxyl groups excluding tert-OH is 1. The second-order valence-corrected chi connectivity index (χ2v) is 9.33. The highest BCUT2D eigenvalue weighted by Gasteiger charge is 2.49. The van der Waals surface area contributed by atoms with Crippen molar-refractivity contribution in [2.75, 3.05) is 6.61 Å². The summed E-state index contributed by atoms with van der Waals surface area (Å²) in [4.78, 5) is 29.4. The second-order valence-electron chi connectivity index (χ2n) is 8.93. The maximum Gasteiger partial charge on any atom is 0.291 e. The average molecular weight is 480 g/mol. The number of aromatic nitrogens is 3. The summed E-state index contributed by atoms with van der Waals surface area (Å²) >= 11 is 5.65. The quantitative estimate of drug-likeness (QED) is 0.582. The predicted molar refractivity (Wildman–Crippen MR) is 117 cm³/mol. The number of nitrogens with one attached hydrogen (secondary N) is 2. The van der Waals surface area contributed by atoms with Gasteiger partial charge in [0.15, 0.2) is 6.61 Å². The van der Waals surface area contributed by atoms with Crippen LogP contribution in [0.4, 0.5) is 4.39 Å². The van der Waals surface area contributed by atoms with Crippen LogP contribution in [0, 0.1) is 18.7 Å². The number of hydrogen-bond donors (Lipinski definition) is 3. The van der Waals surface area contributed by atoms with E-state index < -0.39 is 29.4 Å². The summed E-state index contributed by atoms with van der Waals surface area (Å²) in [6.45, 7) is 1.45. The van der Waals surface area contributed by atoms with E-state index in [0.29, 0.717) is 18.7 Å². The molecule has 0 radical (unpaired) electrons. The van der Waals surface area contributed by atoms with E-state index in [2.05, 4.69) is 20.7 Å². The molecular formula is C22H27ClFN5O4. The zero-order chi connectivity index (χ0) is 23.8. The molecule has 1 heterocycles. The van der Waals surface area contributed by atoms with Crippen molar-refractivity contribution in [1.82, 2.24) is 25.4 Å². The van der Waals surface area contributed by atoms with E-state index in [-0.39, 0.29) is 35.0 Å². The Morgan fingerprint density at radius 3 is 2.88 bits per heavy atom. The molecule has 3 N–H and O–H groups in total. The Bertz CT molecular complexity index is 1040. The predicted octanol–water partition coefficient (Wildman–Crippen LogP) is 1.90. The van der Waals surface area contributed by atoms with Crippen LogP contribution < -0.4 is 15.4 Å². The molecule has 4 rings (SSSR count). The molecule has 33 heavy (non-hydrogen) atoms. The lowest BCUT2D eigenvalue weighted by molar-refractivity contribution is -0.127. The molecule has 0 aliphatic heterocycles. The normalized spacial score (nSPS) is 26.5. The molecule has 2 fully saturated rings. The van der Waals surface area contributed by atoms with Crippen molar-refractivity contribution < 1.29 is 23.8 Å². The smallest absolute Gasteiger partial charge is 0.291 e. The summed E-state index contributed by atoms with van der Waals surface area (Å²) < 4.78 is 20.4. The molecule has 1 aromatic heterocycles. The first-order valence-electron chi connectivity index (χ1n) is 10.9. The van der Waals surface area contributed by atoms with Gasteiger partial charge in [-0.2, -0.15) is 0 Å². The van der Waals surface area contributed by atoms with Gasteiger partial charge in [0, 0.05) is 18.7 Å². The first-order valence-corrected chi connectivity index (χ1v) is 11.3. The van der Waals surface area contributed by atoms with Gasteiger partial charge in [-0.25, -0.2) is 9.37 Å². The van der Waals surface area contributed by atoms with Crippen LogP contribution in [0.2, 0.25) is 5.02 Å². The number of benzene rings is 1. The molecular weight excluding hydrogens is 453 g/mol. The van der Waals surface area contributed by atoms with Crippen LogP contribution in [0.15, 0.2) is 18.2 Å². The van der Waals surface area contributed by atoms with Crippen molar-refractivity contribution in [1.29, 1.82) is 0 Å². The van der Waals surface area contributed by atoms with E-state index in [9.17, 15) is 19.1 Å². The van der Waals surface area contributed by atoms with Crippen LogP contribution >= 0.6 is 11.6 Å². The first-order chi connectivity index (χ1) is 15.7. The summed E-state index contributed by atoms with van der Waals surface area (Å²) in [5.74, 6) is -0.482. The molecule has 0 spiro atoms. The Labute approximate surface area is 195 Å². The Morgan fingerprint density at radius 1 is 1.39 bits per heavy atom. The summed E-state index contributed by atoms with van der Waals surface area (Å²) in [6.07, 6.45) is 2.54. The third-order valence-corrected chi connectivity index (χ3v) is 6.86. The van der Waals surface area contributed by atoms with Crippen LogP contribution in [0.5, 0.6) is 5.75 Å². The highest BCUT2D eigenvalue weighted by atomic mass is 35.5. The minimum absolute atomic E-state index is 0.00171. The largest absolute Gasteiger partial charge is 0.484 e. The fourth-order valence-corrected chi connectivity index (χ4v) is 5.04. The van der Waals surface area contributed by atoms with Crippen molar-refractivity contribution in [3.63, 3.8) is 0 Å². The topological polar surface area (TPSA) is 118 Å². The first kappa shape index (κ1) is 23.4. The van der Waals surface area contributed by atoms with E-state index in [4.69, 9.17) is 16.3 Å². The molecule has 2 saturated carbocycles. The number of carbonyl (C=O) groups excluding carboxylic acids is 2. The third-order valence-electron chi connectivity index (χ3n) is 6.56. The number of carbonyl (C=O) groups is 2. The molecule has 178 valence electrons. The fourth-order valence-electron chi connectivity index (χ4n) is 4.92. The number of nitrogens with zero attached hydrogens (tertiary/aromatic N) is 3. The Hall–Kier alpha value is -2.72.